The molecule has 2 N–H and O–H groups in total. The zero-order valence-corrected chi connectivity index (χ0v) is 15.4. The van der Waals surface area contributed by atoms with Crippen molar-refractivity contribution in [2.45, 2.75) is 45.8 Å². The van der Waals surface area contributed by atoms with E-state index in [1.54, 1.807) is 0 Å². The number of nitrogen functional groups attached to an aromatic ring is 1. The Hall–Kier alpha value is -2.47. The molecule has 1 saturated heterocycles. The zero-order valence-electron chi connectivity index (χ0n) is 15.4. The van der Waals surface area contributed by atoms with Crippen molar-refractivity contribution in [1.29, 1.82) is 0 Å². The van der Waals surface area contributed by atoms with Gasteiger partial charge in [0.2, 0.25) is 11.9 Å². The highest BCUT2D eigenvalue weighted by atomic mass is 16.5. The first-order valence-electron chi connectivity index (χ1n) is 9.06. The summed E-state index contributed by atoms with van der Waals surface area (Å²) < 4.78 is 5.99. The predicted octanol–water partition coefficient (Wildman–Crippen LogP) is 2.43. The van der Waals surface area contributed by atoms with Crippen LogP contribution >= 0.6 is 0 Å². The molecule has 0 bridgehead atoms. The van der Waals surface area contributed by atoms with Gasteiger partial charge in [-0.3, -0.25) is 4.79 Å². The van der Waals surface area contributed by atoms with Crippen LogP contribution in [0.3, 0.4) is 0 Å². The summed E-state index contributed by atoms with van der Waals surface area (Å²) in [5.41, 5.74) is 9.28. The van der Waals surface area contributed by atoms with Crippen molar-refractivity contribution in [3.63, 3.8) is 0 Å². The standard InChI is InChI=1S/C20H26N4O2/c1-14-18(15(2)23-20(21)22-14)12-19(25)24-10-8-17(9-11-24)26-13-16-6-4-3-5-7-16/h3-7,17H,8-13H2,1-2H3,(H2,21,22,23). The summed E-state index contributed by atoms with van der Waals surface area (Å²) in [5, 5.41) is 0. The van der Waals surface area contributed by atoms with Crippen molar-refractivity contribution in [3.05, 3.63) is 52.8 Å². The van der Waals surface area contributed by atoms with Crippen LogP contribution in [0.1, 0.15) is 35.4 Å². The third-order valence-electron chi connectivity index (χ3n) is 4.89. The largest absolute Gasteiger partial charge is 0.373 e. The third-order valence-corrected chi connectivity index (χ3v) is 4.89. The number of piperidine rings is 1. The molecule has 0 unspecified atom stereocenters. The fraction of sp³-hybridized carbons (Fsp3) is 0.450. The van der Waals surface area contributed by atoms with Gasteiger partial charge in [-0.15, -0.1) is 0 Å². The first-order chi connectivity index (χ1) is 12.5. The molecule has 1 aromatic carbocycles. The first kappa shape index (κ1) is 18.3. The van der Waals surface area contributed by atoms with Gasteiger partial charge in [-0.1, -0.05) is 30.3 Å². The molecule has 0 aliphatic carbocycles. The average molecular weight is 354 g/mol. The van der Waals surface area contributed by atoms with Gasteiger partial charge in [0.05, 0.1) is 19.1 Å². The fourth-order valence-electron chi connectivity index (χ4n) is 3.34. The molecule has 2 aromatic rings. The molecule has 26 heavy (non-hydrogen) atoms. The van der Waals surface area contributed by atoms with E-state index in [-0.39, 0.29) is 18.0 Å². The molecule has 1 aromatic heterocycles. The Morgan fingerprint density at radius 3 is 2.38 bits per heavy atom. The number of ether oxygens (including phenoxy) is 1. The Labute approximate surface area is 154 Å². The molecular weight excluding hydrogens is 328 g/mol. The molecule has 1 aliphatic rings. The highest BCUT2D eigenvalue weighted by molar-refractivity contribution is 5.79. The number of amides is 1. The van der Waals surface area contributed by atoms with Gasteiger partial charge in [0, 0.05) is 30.0 Å². The lowest BCUT2D eigenvalue weighted by Gasteiger charge is -2.32. The Morgan fingerprint density at radius 1 is 1.15 bits per heavy atom. The van der Waals surface area contributed by atoms with Crippen molar-refractivity contribution in [3.8, 4) is 0 Å². The predicted molar refractivity (Wildman–Crippen MR) is 100 cm³/mol. The second kappa shape index (κ2) is 8.27. The molecule has 1 fully saturated rings. The minimum atomic E-state index is 0.117. The molecule has 0 atom stereocenters. The SMILES string of the molecule is Cc1nc(N)nc(C)c1CC(=O)N1CCC(OCc2ccccc2)CC1. The molecule has 0 saturated carbocycles. The van der Waals surface area contributed by atoms with E-state index in [0.29, 0.717) is 13.0 Å². The summed E-state index contributed by atoms with van der Waals surface area (Å²) in [4.78, 5) is 22.9. The lowest BCUT2D eigenvalue weighted by atomic mass is 10.0. The topological polar surface area (TPSA) is 81.3 Å². The number of likely N-dealkylation sites (tertiary alicyclic amines) is 1. The van der Waals surface area contributed by atoms with Crippen LogP contribution in [0.4, 0.5) is 5.95 Å². The summed E-state index contributed by atoms with van der Waals surface area (Å²) in [7, 11) is 0. The van der Waals surface area contributed by atoms with Gasteiger partial charge in [0.25, 0.3) is 0 Å². The van der Waals surface area contributed by atoms with Crippen LogP contribution < -0.4 is 5.73 Å². The molecule has 0 spiro atoms. The molecular formula is C20H26N4O2. The number of rotatable bonds is 5. The molecule has 1 aliphatic heterocycles. The normalized spacial score (nSPS) is 15.2. The summed E-state index contributed by atoms with van der Waals surface area (Å²) in [5.74, 6) is 0.374. The van der Waals surface area contributed by atoms with Crippen molar-refractivity contribution >= 4 is 11.9 Å². The smallest absolute Gasteiger partial charge is 0.227 e. The van der Waals surface area contributed by atoms with Crippen LogP contribution in [-0.2, 0) is 22.6 Å². The van der Waals surface area contributed by atoms with Gasteiger partial charge in [0.1, 0.15) is 0 Å². The molecule has 1 amide bonds. The first-order valence-corrected chi connectivity index (χ1v) is 9.06. The molecule has 3 rings (SSSR count). The van der Waals surface area contributed by atoms with Gasteiger partial charge in [-0.2, -0.15) is 0 Å². The summed E-state index contributed by atoms with van der Waals surface area (Å²) in [6.45, 7) is 5.83. The number of hydrogen-bond donors (Lipinski definition) is 1. The lowest BCUT2D eigenvalue weighted by molar-refractivity contribution is -0.133. The van der Waals surface area contributed by atoms with E-state index in [0.717, 1.165) is 42.9 Å². The molecule has 6 nitrogen and oxygen atoms in total. The fourth-order valence-corrected chi connectivity index (χ4v) is 3.34. The Balaban J connectivity index is 1.49. The summed E-state index contributed by atoms with van der Waals surface area (Å²) in [6, 6.07) is 10.2. The Kier molecular flexibility index (Phi) is 5.83. The minimum Gasteiger partial charge on any atom is -0.373 e. The third kappa shape index (κ3) is 4.58. The number of nitrogens with zero attached hydrogens (tertiary/aromatic N) is 3. The maximum atomic E-state index is 12.6. The molecule has 2 heterocycles. The number of hydrogen-bond acceptors (Lipinski definition) is 5. The van der Waals surface area contributed by atoms with Crippen molar-refractivity contribution in [2.75, 3.05) is 18.8 Å². The van der Waals surface area contributed by atoms with Crippen LogP contribution in [0.25, 0.3) is 0 Å². The van der Waals surface area contributed by atoms with Crippen LogP contribution in [-0.4, -0.2) is 40.0 Å². The zero-order chi connectivity index (χ0) is 18.5. The second-order valence-electron chi connectivity index (χ2n) is 6.78. The minimum absolute atomic E-state index is 0.117. The Bertz CT molecular complexity index is 733. The number of anilines is 1. The van der Waals surface area contributed by atoms with Gasteiger partial charge in [-0.25, -0.2) is 9.97 Å². The monoisotopic (exact) mass is 354 g/mol. The highest BCUT2D eigenvalue weighted by Gasteiger charge is 2.24. The Morgan fingerprint density at radius 2 is 1.77 bits per heavy atom. The molecule has 0 radical (unpaired) electrons. The van der Waals surface area contributed by atoms with Crippen LogP contribution in [0.2, 0.25) is 0 Å². The van der Waals surface area contributed by atoms with Crippen molar-refractivity contribution in [2.24, 2.45) is 0 Å². The second-order valence-corrected chi connectivity index (χ2v) is 6.78. The van der Waals surface area contributed by atoms with Crippen molar-refractivity contribution < 1.29 is 9.53 Å². The van der Waals surface area contributed by atoms with Crippen LogP contribution in [0.15, 0.2) is 30.3 Å². The number of carbonyl (C=O) groups is 1. The maximum absolute atomic E-state index is 12.6. The van der Waals surface area contributed by atoms with E-state index in [1.165, 1.54) is 5.56 Å². The van der Waals surface area contributed by atoms with E-state index in [1.807, 2.05) is 36.9 Å². The van der Waals surface area contributed by atoms with E-state index < -0.39 is 0 Å². The number of nitrogens with two attached hydrogens (primary N) is 1. The van der Waals surface area contributed by atoms with E-state index in [9.17, 15) is 4.79 Å². The van der Waals surface area contributed by atoms with Gasteiger partial charge < -0.3 is 15.4 Å². The molecule has 6 heteroatoms. The van der Waals surface area contributed by atoms with Gasteiger partial charge in [-0.05, 0) is 32.3 Å². The van der Waals surface area contributed by atoms with Crippen LogP contribution in [0.5, 0.6) is 0 Å². The van der Waals surface area contributed by atoms with Gasteiger partial charge in [0.15, 0.2) is 0 Å². The molecule has 138 valence electrons. The highest BCUT2D eigenvalue weighted by Crippen LogP contribution is 2.18. The van der Waals surface area contributed by atoms with Crippen LogP contribution in [0, 0.1) is 13.8 Å². The number of aromatic nitrogens is 2. The van der Waals surface area contributed by atoms with Gasteiger partial charge >= 0.3 is 0 Å². The number of aryl methyl sites for hydroxylation is 2. The number of carbonyl (C=O) groups excluding carboxylic acids is 1. The van der Waals surface area contributed by atoms with E-state index >= 15 is 0 Å². The van der Waals surface area contributed by atoms with E-state index in [2.05, 4.69) is 22.1 Å². The van der Waals surface area contributed by atoms with Crippen molar-refractivity contribution in [1.82, 2.24) is 14.9 Å². The summed E-state index contributed by atoms with van der Waals surface area (Å²) in [6.07, 6.45) is 2.28. The van der Waals surface area contributed by atoms with E-state index in [4.69, 9.17) is 10.5 Å². The maximum Gasteiger partial charge on any atom is 0.227 e. The summed E-state index contributed by atoms with van der Waals surface area (Å²) >= 11 is 0. The number of benzene rings is 1. The quantitative estimate of drug-likeness (QED) is 0.892. The average Bonchev–Trinajstić information content (AvgIpc) is 2.64. The lowest BCUT2D eigenvalue weighted by Crippen LogP contribution is -2.41.